The van der Waals surface area contributed by atoms with Gasteiger partial charge in [0.05, 0.1) is 12.6 Å². The molecule has 0 radical (unpaired) electrons. The highest BCUT2D eigenvalue weighted by atomic mass is 16.3. The van der Waals surface area contributed by atoms with Crippen LogP contribution in [0.4, 0.5) is 0 Å². The number of allylic oxidation sites excluding steroid dienone is 2. The number of rotatable bonds is 13. The van der Waals surface area contributed by atoms with Gasteiger partial charge in [0, 0.05) is 49.3 Å². The molecule has 12 atom stereocenters. The molecule has 11 amide bonds. The first-order chi connectivity index (χ1) is 39.0. The zero-order chi connectivity index (χ0) is 66.2. The van der Waals surface area contributed by atoms with Crippen LogP contribution in [-0.2, 0) is 52.7 Å². The molecule has 1 fully saturated rings. The average molecular weight is 1200 g/mol. The SMILES string of the molecule is C/C=C/CC(C)C(O)C1C(=O)NC(CC)C(=O)N(C)CC(=O)N(C)C(CC(C)C)C(=O)NC(C(C)C)C(=O)N(C)C(CC(C)C)C(=O)NC(C)C(=O)NC(C)C(=O)N(C)C(C(C)(C)C)C(=O)N(C)C(CC(C)C)C(=O)N(C)C(C(C)C)C(=O)N1C. The third-order valence-electron chi connectivity index (χ3n) is 16.1. The lowest BCUT2D eigenvalue weighted by atomic mass is 9.84. The van der Waals surface area contributed by atoms with E-state index >= 15 is 14.4 Å². The van der Waals surface area contributed by atoms with Crippen molar-refractivity contribution in [1.82, 2.24) is 55.6 Å². The predicted octanol–water partition coefficient (Wildman–Crippen LogP) is 3.27. The smallest absolute Gasteiger partial charge is 0.246 e. The maximum atomic E-state index is 15.1. The molecular weight excluding hydrogens is 1090 g/mol. The van der Waals surface area contributed by atoms with Crippen LogP contribution in [-0.4, -0.2) is 227 Å². The number of carbonyl (C=O) groups is 11. The van der Waals surface area contributed by atoms with Gasteiger partial charge in [-0.25, -0.2) is 0 Å². The molecule has 23 nitrogen and oxygen atoms in total. The highest BCUT2D eigenvalue weighted by molar-refractivity contribution is 5.99. The zero-order valence-electron chi connectivity index (χ0n) is 56.3. The molecule has 0 aromatic carbocycles. The zero-order valence-corrected chi connectivity index (χ0v) is 56.3. The van der Waals surface area contributed by atoms with Gasteiger partial charge in [0.25, 0.3) is 0 Å². The van der Waals surface area contributed by atoms with Crippen molar-refractivity contribution in [3.05, 3.63) is 12.2 Å². The predicted molar refractivity (Wildman–Crippen MR) is 328 cm³/mol. The lowest BCUT2D eigenvalue weighted by Crippen LogP contribution is -2.64. The van der Waals surface area contributed by atoms with E-state index in [1.165, 1.54) is 87.7 Å². The van der Waals surface area contributed by atoms with Crippen molar-refractivity contribution in [2.75, 3.05) is 55.9 Å². The number of aliphatic hydroxyl groups is 1. The third kappa shape index (κ3) is 21.1. The van der Waals surface area contributed by atoms with E-state index in [1.807, 2.05) is 41.5 Å². The first kappa shape index (κ1) is 76.9. The molecule has 1 saturated heterocycles. The Morgan fingerprint density at radius 3 is 1.42 bits per heavy atom. The second kappa shape index (κ2) is 33.7. The normalized spacial score (nSPS) is 27.0. The van der Waals surface area contributed by atoms with E-state index in [9.17, 15) is 43.5 Å². The molecule has 5 N–H and O–H groups in total. The Kier molecular flexibility index (Phi) is 30.5. The maximum absolute atomic E-state index is 15.1. The van der Waals surface area contributed by atoms with Crippen LogP contribution in [0.1, 0.15) is 157 Å². The summed E-state index contributed by atoms with van der Waals surface area (Å²) in [4.78, 5) is 169. The second-order valence-corrected chi connectivity index (χ2v) is 26.7. The summed E-state index contributed by atoms with van der Waals surface area (Å²) in [5.74, 6) is -9.67. The minimum absolute atomic E-state index is 0.0209. The molecule has 0 aromatic heterocycles. The third-order valence-corrected chi connectivity index (χ3v) is 16.1. The van der Waals surface area contributed by atoms with Crippen molar-refractivity contribution in [3.63, 3.8) is 0 Å². The van der Waals surface area contributed by atoms with Gasteiger partial charge < -0.3 is 60.7 Å². The van der Waals surface area contributed by atoms with E-state index in [4.69, 9.17) is 0 Å². The Labute approximate surface area is 508 Å². The fourth-order valence-electron chi connectivity index (χ4n) is 10.9. The average Bonchev–Trinajstić information content (AvgIpc) is 1.92. The number of likely N-dealkylation sites (N-methyl/N-ethyl adjacent to an activating group) is 7. The van der Waals surface area contributed by atoms with Gasteiger partial charge in [0.2, 0.25) is 65.0 Å². The standard InChI is InChI=1S/C62H111N11O12/c1-26-28-29-39(13)50(75)49-55(79)65-42(27-2)57(81)67(19)33-46(74)68(20)43(30-34(3)4)54(78)66-47(37(9)10)59(83)69(21)44(31-35(5)6)53(77)63-40(14)52(76)64-41(15)56(80)73(25)51(62(16,17)18)61(85)70(22)45(32-36(7)8)58(82)71(23)48(38(11)12)60(84)72(49)24/h26,28,34-45,47-51,75H,27,29-33H2,1-25H3,(H,63,77)(H,64,76)(H,65,79)(H,66,78)/b28-26+. The van der Waals surface area contributed by atoms with Crippen LogP contribution in [0.3, 0.4) is 0 Å². The van der Waals surface area contributed by atoms with Crippen molar-refractivity contribution in [2.45, 2.75) is 223 Å². The van der Waals surface area contributed by atoms with Gasteiger partial charge in [-0.05, 0) is 93.8 Å². The van der Waals surface area contributed by atoms with E-state index in [1.54, 1.807) is 81.4 Å². The highest BCUT2D eigenvalue weighted by Crippen LogP contribution is 2.29. The fourth-order valence-corrected chi connectivity index (χ4v) is 10.9. The summed E-state index contributed by atoms with van der Waals surface area (Å²) >= 11 is 0. The van der Waals surface area contributed by atoms with Crippen molar-refractivity contribution >= 4 is 65.0 Å². The fraction of sp³-hybridized carbons (Fsp3) is 0.790. The van der Waals surface area contributed by atoms with Crippen molar-refractivity contribution < 1.29 is 57.8 Å². The quantitative estimate of drug-likeness (QED) is 0.166. The molecule has 486 valence electrons. The van der Waals surface area contributed by atoms with E-state index in [2.05, 4.69) is 21.3 Å². The summed E-state index contributed by atoms with van der Waals surface area (Å²) in [6.07, 6.45) is 2.86. The summed E-state index contributed by atoms with van der Waals surface area (Å²) in [7, 11) is 9.89. The molecular formula is C62H111N11O12. The van der Waals surface area contributed by atoms with E-state index in [0.717, 1.165) is 9.80 Å². The number of hydrogen-bond acceptors (Lipinski definition) is 12. The number of aliphatic hydroxyl groups excluding tert-OH is 1. The van der Waals surface area contributed by atoms with Gasteiger partial charge in [-0.2, -0.15) is 0 Å². The Hall–Kier alpha value is -6.13. The molecule has 1 aliphatic heterocycles. The van der Waals surface area contributed by atoms with Gasteiger partial charge in [0.15, 0.2) is 0 Å². The summed E-state index contributed by atoms with van der Waals surface area (Å²) < 4.78 is 0. The molecule has 0 saturated carbocycles. The summed E-state index contributed by atoms with van der Waals surface area (Å²) in [5.41, 5.74) is -0.958. The van der Waals surface area contributed by atoms with Gasteiger partial charge in [-0.15, -0.1) is 0 Å². The largest absolute Gasteiger partial charge is 0.390 e. The van der Waals surface area contributed by atoms with E-state index < -0.39 is 161 Å². The molecule has 85 heavy (non-hydrogen) atoms. The monoisotopic (exact) mass is 1200 g/mol. The summed E-state index contributed by atoms with van der Waals surface area (Å²) in [6, 6.07) is -12.5. The van der Waals surface area contributed by atoms with Crippen LogP contribution in [0.5, 0.6) is 0 Å². The lowest BCUT2D eigenvalue weighted by molar-refractivity contribution is -0.158. The van der Waals surface area contributed by atoms with E-state index in [-0.39, 0.29) is 43.4 Å². The Morgan fingerprint density at radius 1 is 0.506 bits per heavy atom. The number of carbonyl (C=O) groups excluding carboxylic acids is 11. The number of amides is 11. The minimum atomic E-state index is -1.61. The maximum Gasteiger partial charge on any atom is 0.246 e. The van der Waals surface area contributed by atoms with Gasteiger partial charge in [-0.1, -0.05) is 116 Å². The van der Waals surface area contributed by atoms with Crippen LogP contribution in [0.2, 0.25) is 0 Å². The highest BCUT2D eigenvalue weighted by Gasteiger charge is 2.47. The molecule has 1 rings (SSSR count). The van der Waals surface area contributed by atoms with Gasteiger partial charge >= 0.3 is 0 Å². The number of nitrogens with zero attached hydrogens (tertiary/aromatic N) is 7. The van der Waals surface area contributed by atoms with Crippen LogP contribution in [0, 0.1) is 40.9 Å². The first-order valence-corrected chi connectivity index (χ1v) is 30.4. The first-order valence-electron chi connectivity index (χ1n) is 30.4. The summed E-state index contributed by atoms with van der Waals surface area (Å²) in [6.45, 7) is 30.8. The van der Waals surface area contributed by atoms with Gasteiger partial charge in [0.1, 0.15) is 60.4 Å². The molecule has 0 aromatic rings. The number of nitrogens with one attached hydrogen (secondary N) is 4. The molecule has 0 bridgehead atoms. The molecule has 1 heterocycles. The molecule has 1 aliphatic rings. The van der Waals surface area contributed by atoms with E-state index in [0.29, 0.717) is 6.42 Å². The van der Waals surface area contributed by atoms with Gasteiger partial charge in [-0.3, -0.25) is 52.7 Å². The molecule has 23 heteroatoms. The molecule has 0 aliphatic carbocycles. The number of hydrogen-bond donors (Lipinski definition) is 5. The summed E-state index contributed by atoms with van der Waals surface area (Å²) in [5, 5.41) is 23.1. The Bertz CT molecular complexity index is 2350. The Morgan fingerprint density at radius 2 is 0.965 bits per heavy atom. The Balaban J connectivity index is 4.34. The van der Waals surface area contributed by atoms with Crippen LogP contribution in [0.25, 0.3) is 0 Å². The van der Waals surface area contributed by atoms with Crippen LogP contribution in [0.15, 0.2) is 12.2 Å². The lowest BCUT2D eigenvalue weighted by Gasteiger charge is -2.43. The second-order valence-electron chi connectivity index (χ2n) is 26.7. The molecule has 0 spiro atoms. The molecule has 12 unspecified atom stereocenters. The van der Waals surface area contributed by atoms with Crippen molar-refractivity contribution in [3.8, 4) is 0 Å². The van der Waals surface area contributed by atoms with Crippen LogP contribution < -0.4 is 21.3 Å². The minimum Gasteiger partial charge on any atom is -0.390 e. The topological polar surface area (TPSA) is 279 Å². The van der Waals surface area contributed by atoms with Crippen molar-refractivity contribution in [2.24, 2.45) is 40.9 Å². The van der Waals surface area contributed by atoms with Crippen molar-refractivity contribution in [1.29, 1.82) is 0 Å². The van der Waals surface area contributed by atoms with Crippen LogP contribution >= 0.6 is 0 Å².